The average Bonchev–Trinajstić information content (AvgIpc) is 3.44. The highest BCUT2D eigenvalue weighted by Gasteiger charge is 2.56. The molecule has 0 saturated heterocycles. The maximum atomic E-state index is 12.5. The number of carbonyl (C=O) groups is 2. The van der Waals surface area contributed by atoms with Gasteiger partial charge in [0.25, 0.3) is 0 Å². The van der Waals surface area contributed by atoms with Crippen LogP contribution in [0.15, 0.2) is 54.6 Å². The predicted molar refractivity (Wildman–Crippen MR) is 96.6 cm³/mol. The first-order chi connectivity index (χ1) is 12.1. The van der Waals surface area contributed by atoms with Gasteiger partial charge in [-0.2, -0.15) is 0 Å². The molecule has 1 aliphatic carbocycles. The molecular formula is C20H22N2O3. The maximum absolute atomic E-state index is 12.5. The van der Waals surface area contributed by atoms with Gasteiger partial charge >= 0.3 is 0 Å². The second-order valence-electron chi connectivity index (χ2n) is 6.23. The van der Waals surface area contributed by atoms with Gasteiger partial charge in [0, 0.05) is 12.2 Å². The summed E-state index contributed by atoms with van der Waals surface area (Å²) >= 11 is 0. The van der Waals surface area contributed by atoms with E-state index in [2.05, 4.69) is 10.6 Å². The summed E-state index contributed by atoms with van der Waals surface area (Å²) < 4.78 is 5.72. The number of benzene rings is 2. The minimum Gasteiger partial charge on any atom is -0.457 e. The monoisotopic (exact) mass is 338 g/mol. The molecule has 3 rings (SSSR count). The van der Waals surface area contributed by atoms with Crippen molar-refractivity contribution in [1.29, 1.82) is 0 Å². The molecule has 0 heterocycles. The van der Waals surface area contributed by atoms with Gasteiger partial charge in [-0.1, -0.05) is 25.1 Å². The lowest BCUT2D eigenvalue weighted by Crippen LogP contribution is -2.40. The third-order valence-corrected chi connectivity index (χ3v) is 4.25. The van der Waals surface area contributed by atoms with Crippen LogP contribution in [-0.2, 0) is 9.59 Å². The summed E-state index contributed by atoms with van der Waals surface area (Å²) in [5.74, 6) is 1.03. The van der Waals surface area contributed by atoms with Gasteiger partial charge < -0.3 is 15.4 Å². The van der Waals surface area contributed by atoms with Crippen LogP contribution in [0.1, 0.15) is 26.2 Å². The van der Waals surface area contributed by atoms with E-state index in [-0.39, 0.29) is 11.8 Å². The maximum Gasteiger partial charge on any atom is 0.240 e. The minimum atomic E-state index is -0.894. The van der Waals surface area contributed by atoms with Crippen LogP contribution in [0.3, 0.4) is 0 Å². The fraction of sp³-hybridized carbons (Fsp3) is 0.300. The van der Waals surface area contributed by atoms with E-state index in [1.54, 1.807) is 24.3 Å². The van der Waals surface area contributed by atoms with Crippen molar-refractivity contribution in [3.05, 3.63) is 54.6 Å². The van der Waals surface area contributed by atoms with Gasteiger partial charge in [-0.3, -0.25) is 9.59 Å². The fourth-order valence-electron chi connectivity index (χ4n) is 2.57. The van der Waals surface area contributed by atoms with E-state index in [0.29, 0.717) is 30.8 Å². The zero-order valence-electron chi connectivity index (χ0n) is 14.2. The molecule has 2 aromatic carbocycles. The van der Waals surface area contributed by atoms with Gasteiger partial charge in [-0.25, -0.2) is 0 Å². The number of rotatable bonds is 7. The molecule has 2 amide bonds. The van der Waals surface area contributed by atoms with E-state index in [4.69, 9.17) is 4.74 Å². The van der Waals surface area contributed by atoms with Crippen molar-refractivity contribution >= 4 is 17.5 Å². The molecule has 0 aliphatic heterocycles. The first-order valence-corrected chi connectivity index (χ1v) is 8.57. The molecule has 1 saturated carbocycles. The van der Waals surface area contributed by atoms with Crippen LogP contribution >= 0.6 is 0 Å². The fourth-order valence-corrected chi connectivity index (χ4v) is 2.57. The Morgan fingerprint density at radius 1 is 0.960 bits per heavy atom. The lowest BCUT2D eigenvalue weighted by molar-refractivity contribution is -0.134. The van der Waals surface area contributed by atoms with Gasteiger partial charge in [0.05, 0.1) is 0 Å². The van der Waals surface area contributed by atoms with Crippen LogP contribution < -0.4 is 15.4 Å². The summed E-state index contributed by atoms with van der Waals surface area (Å²) in [5, 5.41) is 5.66. The Balaban J connectivity index is 1.60. The minimum absolute atomic E-state index is 0.170. The molecule has 25 heavy (non-hydrogen) atoms. The molecule has 0 atom stereocenters. The Morgan fingerprint density at radius 3 is 2.20 bits per heavy atom. The lowest BCUT2D eigenvalue weighted by Gasteiger charge is -2.15. The summed E-state index contributed by atoms with van der Waals surface area (Å²) in [5.41, 5.74) is -0.242. The van der Waals surface area contributed by atoms with Crippen molar-refractivity contribution in [1.82, 2.24) is 5.32 Å². The molecule has 0 spiro atoms. The summed E-state index contributed by atoms with van der Waals surface area (Å²) in [7, 11) is 0. The van der Waals surface area contributed by atoms with Gasteiger partial charge in [0.2, 0.25) is 11.8 Å². The molecule has 2 aromatic rings. The Kier molecular flexibility index (Phi) is 5.03. The van der Waals surface area contributed by atoms with Crippen molar-refractivity contribution in [2.24, 2.45) is 5.41 Å². The van der Waals surface area contributed by atoms with Crippen LogP contribution in [0.25, 0.3) is 0 Å². The van der Waals surface area contributed by atoms with Gasteiger partial charge in [-0.15, -0.1) is 0 Å². The summed E-state index contributed by atoms with van der Waals surface area (Å²) in [4.78, 5) is 24.7. The zero-order valence-corrected chi connectivity index (χ0v) is 14.2. The van der Waals surface area contributed by atoms with E-state index in [1.165, 1.54) is 0 Å². The van der Waals surface area contributed by atoms with Crippen molar-refractivity contribution in [3.63, 3.8) is 0 Å². The Labute approximate surface area is 147 Å². The normalized spacial score (nSPS) is 14.4. The van der Waals surface area contributed by atoms with Crippen molar-refractivity contribution in [2.45, 2.75) is 26.2 Å². The topological polar surface area (TPSA) is 67.4 Å². The first-order valence-electron chi connectivity index (χ1n) is 8.57. The highest BCUT2D eigenvalue weighted by atomic mass is 16.5. The summed E-state index contributed by atoms with van der Waals surface area (Å²) in [6.45, 7) is 2.58. The van der Waals surface area contributed by atoms with Gasteiger partial charge in [-0.05, 0) is 55.7 Å². The number of hydrogen-bond donors (Lipinski definition) is 2. The lowest BCUT2D eigenvalue weighted by atomic mass is 10.0. The first kappa shape index (κ1) is 17.0. The highest BCUT2D eigenvalue weighted by Crippen LogP contribution is 2.46. The van der Waals surface area contributed by atoms with Crippen LogP contribution in [0.5, 0.6) is 11.5 Å². The molecule has 0 aromatic heterocycles. The van der Waals surface area contributed by atoms with E-state index < -0.39 is 5.41 Å². The standard InChI is InChI=1S/C20H22N2O3/c1-2-14-21-18(23)20(12-13-20)19(24)22-15-8-10-17(11-9-15)25-16-6-4-3-5-7-16/h3-11H,2,12-14H2,1H3,(H,21,23)(H,22,24). The molecule has 0 radical (unpaired) electrons. The van der Waals surface area contributed by atoms with Crippen LogP contribution in [-0.4, -0.2) is 18.4 Å². The highest BCUT2D eigenvalue weighted by molar-refractivity contribution is 6.13. The Bertz CT molecular complexity index is 737. The van der Waals surface area contributed by atoms with E-state index in [9.17, 15) is 9.59 Å². The molecule has 130 valence electrons. The second kappa shape index (κ2) is 7.38. The Morgan fingerprint density at radius 2 is 1.60 bits per heavy atom. The molecule has 5 nitrogen and oxygen atoms in total. The van der Waals surface area contributed by atoms with E-state index in [0.717, 1.165) is 12.2 Å². The largest absolute Gasteiger partial charge is 0.457 e. The summed E-state index contributed by atoms with van der Waals surface area (Å²) in [6, 6.07) is 16.6. The predicted octanol–water partition coefficient (Wildman–Crippen LogP) is 3.72. The van der Waals surface area contributed by atoms with Crippen LogP contribution in [0.4, 0.5) is 5.69 Å². The third kappa shape index (κ3) is 3.99. The van der Waals surface area contributed by atoms with Crippen molar-refractivity contribution < 1.29 is 14.3 Å². The van der Waals surface area contributed by atoms with Crippen molar-refractivity contribution in [3.8, 4) is 11.5 Å². The van der Waals surface area contributed by atoms with Gasteiger partial charge in [0.15, 0.2) is 0 Å². The van der Waals surface area contributed by atoms with Crippen LogP contribution in [0, 0.1) is 5.41 Å². The van der Waals surface area contributed by atoms with E-state index >= 15 is 0 Å². The number of amides is 2. The molecular weight excluding hydrogens is 316 g/mol. The quantitative estimate of drug-likeness (QED) is 0.756. The number of nitrogens with one attached hydrogen (secondary N) is 2. The van der Waals surface area contributed by atoms with E-state index in [1.807, 2.05) is 37.3 Å². The van der Waals surface area contributed by atoms with Gasteiger partial charge in [0.1, 0.15) is 16.9 Å². The average molecular weight is 338 g/mol. The SMILES string of the molecule is CCCNC(=O)C1(C(=O)Nc2ccc(Oc3ccccc3)cc2)CC1. The summed E-state index contributed by atoms with van der Waals surface area (Å²) in [6.07, 6.45) is 2.06. The Hall–Kier alpha value is -2.82. The molecule has 5 heteroatoms. The second-order valence-corrected chi connectivity index (χ2v) is 6.23. The number of anilines is 1. The number of carbonyl (C=O) groups excluding carboxylic acids is 2. The third-order valence-electron chi connectivity index (χ3n) is 4.25. The molecule has 2 N–H and O–H groups in total. The molecule has 1 fully saturated rings. The molecule has 1 aliphatic rings. The molecule has 0 unspecified atom stereocenters. The number of para-hydroxylation sites is 1. The van der Waals surface area contributed by atoms with Crippen LogP contribution in [0.2, 0.25) is 0 Å². The molecule has 0 bridgehead atoms. The number of hydrogen-bond acceptors (Lipinski definition) is 3. The smallest absolute Gasteiger partial charge is 0.240 e. The zero-order chi connectivity index (χ0) is 17.7. The van der Waals surface area contributed by atoms with Crippen molar-refractivity contribution in [2.75, 3.05) is 11.9 Å². The number of ether oxygens (including phenoxy) is 1.